The quantitative estimate of drug-likeness (QED) is 0.538. The lowest BCUT2D eigenvalue weighted by atomic mass is 10.6. The molecule has 0 amide bonds. The van der Waals surface area contributed by atoms with E-state index in [-0.39, 0.29) is 5.69 Å². The first-order chi connectivity index (χ1) is 4.34. The van der Waals surface area contributed by atoms with E-state index in [9.17, 15) is 4.79 Å². The smallest absolute Gasteiger partial charge is 0.299 e. The van der Waals surface area contributed by atoms with Crippen LogP contribution in [0.4, 0.5) is 0 Å². The number of aryl methyl sites for hydroxylation is 1. The van der Waals surface area contributed by atoms with E-state index in [2.05, 4.69) is 4.98 Å². The van der Waals surface area contributed by atoms with Gasteiger partial charge in [-0.15, -0.1) is 0 Å². The van der Waals surface area contributed by atoms with Crippen molar-refractivity contribution < 1.29 is 0 Å². The Labute approximate surface area is 53.0 Å². The molecule has 0 aliphatic heterocycles. The van der Waals surface area contributed by atoms with E-state index in [1.165, 1.54) is 6.20 Å². The minimum atomic E-state index is -0.181. The lowest BCUT2D eigenvalue weighted by Crippen LogP contribution is -2.19. The van der Waals surface area contributed by atoms with Gasteiger partial charge in [0.05, 0.1) is 0 Å². The molecule has 0 fully saturated rings. The summed E-state index contributed by atoms with van der Waals surface area (Å²) in [7, 11) is 0. The summed E-state index contributed by atoms with van der Waals surface area (Å²) in [5, 5.41) is 0. The largest absolute Gasteiger partial charge is 0.347 e. The lowest BCUT2D eigenvalue weighted by Gasteiger charge is -1.94. The van der Waals surface area contributed by atoms with Crippen molar-refractivity contribution in [2.24, 2.45) is 0 Å². The zero-order valence-corrected chi connectivity index (χ0v) is 5.24. The predicted octanol–water partition coefficient (Wildman–Crippen LogP) is 0.263. The highest BCUT2D eigenvalue weighted by Crippen LogP contribution is 1.75. The van der Waals surface area contributed by atoms with Gasteiger partial charge in [0.2, 0.25) is 0 Å². The van der Waals surface area contributed by atoms with Crippen molar-refractivity contribution in [3.05, 3.63) is 28.9 Å². The second kappa shape index (κ2) is 2.44. The number of nitrogens with zero attached hydrogens (tertiary/aromatic N) is 2. The van der Waals surface area contributed by atoms with Crippen LogP contribution in [0.2, 0.25) is 0 Å². The van der Waals surface area contributed by atoms with Crippen LogP contribution in [0.5, 0.6) is 0 Å². The molecular weight excluding hydrogens is 116 g/mol. The number of rotatable bonds is 1. The highest BCUT2D eigenvalue weighted by molar-refractivity contribution is 4.79. The molecule has 9 heavy (non-hydrogen) atoms. The zero-order chi connectivity index (χ0) is 6.69. The van der Waals surface area contributed by atoms with Crippen LogP contribution in [0.1, 0.15) is 6.92 Å². The molecule has 0 bridgehead atoms. The average molecular weight is 124 g/mol. The Balaban J connectivity index is 3.16. The summed E-state index contributed by atoms with van der Waals surface area (Å²) in [6, 6.07) is 1.74. The molecule has 1 rings (SSSR count). The minimum Gasteiger partial charge on any atom is -0.299 e. The summed E-state index contributed by atoms with van der Waals surface area (Å²) in [6.45, 7) is 2.59. The van der Waals surface area contributed by atoms with Crippen LogP contribution in [-0.2, 0) is 6.54 Å². The summed E-state index contributed by atoms with van der Waals surface area (Å²) in [6.07, 6.45) is 3.21. The van der Waals surface area contributed by atoms with Gasteiger partial charge in [-0.2, -0.15) is 0 Å². The van der Waals surface area contributed by atoms with Crippen molar-refractivity contribution in [3.63, 3.8) is 0 Å². The third kappa shape index (κ3) is 1.16. The Morgan fingerprint density at radius 2 is 2.56 bits per heavy atom. The number of hydrogen-bond acceptors (Lipinski definition) is 2. The van der Waals surface area contributed by atoms with Crippen LogP contribution in [0.25, 0.3) is 0 Å². The summed E-state index contributed by atoms with van der Waals surface area (Å²) in [5.74, 6) is 0. The van der Waals surface area contributed by atoms with E-state index in [0.717, 1.165) is 0 Å². The highest BCUT2D eigenvalue weighted by atomic mass is 16.1. The summed E-state index contributed by atoms with van der Waals surface area (Å²) in [5.41, 5.74) is -0.181. The van der Waals surface area contributed by atoms with Crippen molar-refractivity contribution in [3.8, 4) is 0 Å². The highest BCUT2D eigenvalue weighted by Gasteiger charge is 1.86. The third-order valence-corrected chi connectivity index (χ3v) is 1.12. The van der Waals surface area contributed by atoms with Gasteiger partial charge in [0.15, 0.2) is 0 Å². The topological polar surface area (TPSA) is 34.9 Å². The third-order valence-electron chi connectivity index (χ3n) is 1.12. The van der Waals surface area contributed by atoms with Gasteiger partial charge in [0, 0.05) is 18.9 Å². The van der Waals surface area contributed by atoms with Crippen LogP contribution < -0.4 is 5.69 Å². The molecule has 1 heterocycles. The monoisotopic (exact) mass is 124 g/mol. The van der Waals surface area contributed by atoms with E-state index in [1.54, 1.807) is 16.8 Å². The first-order valence-corrected chi connectivity index (χ1v) is 2.86. The molecule has 0 spiro atoms. The van der Waals surface area contributed by atoms with Gasteiger partial charge in [-0.25, -0.2) is 9.78 Å². The second-order valence-electron chi connectivity index (χ2n) is 1.69. The molecule has 0 saturated heterocycles. The Morgan fingerprint density at radius 3 is 3.00 bits per heavy atom. The van der Waals surface area contributed by atoms with E-state index in [4.69, 9.17) is 0 Å². The molecule has 1 aromatic rings. The van der Waals surface area contributed by atoms with E-state index >= 15 is 0 Å². The molecule has 48 valence electrons. The Morgan fingerprint density at radius 1 is 1.78 bits per heavy atom. The van der Waals surface area contributed by atoms with E-state index < -0.39 is 0 Å². The van der Waals surface area contributed by atoms with Gasteiger partial charge in [-0.1, -0.05) is 0 Å². The normalized spacial score (nSPS) is 9.44. The molecule has 0 aliphatic rings. The molecule has 0 atom stereocenters. The van der Waals surface area contributed by atoms with E-state index in [0.29, 0.717) is 6.54 Å². The molecule has 0 radical (unpaired) electrons. The Bertz CT molecular complexity index is 241. The van der Waals surface area contributed by atoms with Gasteiger partial charge >= 0.3 is 5.69 Å². The summed E-state index contributed by atoms with van der Waals surface area (Å²) >= 11 is 0. The second-order valence-corrected chi connectivity index (χ2v) is 1.69. The SMILES string of the molecule is CCn1cccnc1=O. The van der Waals surface area contributed by atoms with Gasteiger partial charge in [-0.05, 0) is 13.0 Å². The fourth-order valence-corrected chi connectivity index (χ4v) is 0.628. The molecule has 0 aliphatic carbocycles. The van der Waals surface area contributed by atoms with Crippen LogP contribution in [0.15, 0.2) is 23.3 Å². The van der Waals surface area contributed by atoms with Gasteiger partial charge in [0.1, 0.15) is 0 Å². The average Bonchev–Trinajstić information content (AvgIpc) is 1.89. The fourth-order valence-electron chi connectivity index (χ4n) is 0.628. The first kappa shape index (κ1) is 6.01. The number of aromatic nitrogens is 2. The Hall–Kier alpha value is -1.12. The molecule has 3 nitrogen and oxygen atoms in total. The van der Waals surface area contributed by atoms with Gasteiger partial charge in [0.25, 0.3) is 0 Å². The first-order valence-electron chi connectivity index (χ1n) is 2.86. The van der Waals surface area contributed by atoms with Crippen LogP contribution in [0.3, 0.4) is 0 Å². The molecule has 0 aromatic carbocycles. The number of hydrogen-bond donors (Lipinski definition) is 0. The van der Waals surface area contributed by atoms with Crippen molar-refractivity contribution in [1.82, 2.24) is 9.55 Å². The van der Waals surface area contributed by atoms with Crippen LogP contribution >= 0.6 is 0 Å². The van der Waals surface area contributed by atoms with Crippen LogP contribution in [-0.4, -0.2) is 9.55 Å². The molecule has 0 saturated carbocycles. The molecule has 3 heteroatoms. The molecule has 0 N–H and O–H groups in total. The molecule has 0 unspecified atom stereocenters. The maximum absolute atomic E-state index is 10.7. The standard InChI is InChI=1S/C6H8N2O/c1-2-8-5-3-4-7-6(8)9/h3-5H,2H2,1H3. The lowest BCUT2D eigenvalue weighted by molar-refractivity contribution is 0.699. The van der Waals surface area contributed by atoms with Crippen molar-refractivity contribution >= 4 is 0 Å². The van der Waals surface area contributed by atoms with Crippen molar-refractivity contribution in [2.45, 2.75) is 13.5 Å². The van der Waals surface area contributed by atoms with Crippen molar-refractivity contribution in [1.29, 1.82) is 0 Å². The molecular formula is C6H8N2O. The van der Waals surface area contributed by atoms with Crippen molar-refractivity contribution in [2.75, 3.05) is 0 Å². The maximum Gasteiger partial charge on any atom is 0.347 e. The van der Waals surface area contributed by atoms with Crippen LogP contribution in [0, 0.1) is 0 Å². The summed E-state index contributed by atoms with van der Waals surface area (Å²) < 4.78 is 1.54. The fraction of sp³-hybridized carbons (Fsp3) is 0.333. The van der Waals surface area contributed by atoms with Gasteiger partial charge in [-0.3, -0.25) is 4.57 Å². The Kier molecular flexibility index (Phi) is 1.63. The van der Waals surface area contributed by atoms with E-state index in [1.807, 2.05) is 6.92 Å². The zero-order valence-electron chi connectivity index (χ0n) is 5.24. The molecule has 1 aromatic heterocycles. The van der Waals surface area contributed by atoms with Gasteiger partial charge < -0.3 is 0 Å². The maximum atomic E-state index is 10.7. The summed E-state index contributed by atoms with van der Waals surface area (Å²) in [4.78, 5) is 14.3. The minimum absolute atomic E-state index is 0.181. The predicted molar refractivity (Wildman–Crippen MR) is 34.2 cm³/mol.